The van der Waals surface area contributed by atoms with Crippen molar-refractivity contribution in [2.75, 3.05) is 19.6 Å². The standard InChI is InChI=1S/C21H25N3O/c25-19(15-24-11-9-16-4-1-2-5-18(16)14-24)13-22-12-17-6-3-7-21-20(17)8-10-23-21/h1-8,10,19,22-23,25H,9,11-15H2/t19-/m1/s1. The van der Waals surface area contributed by atoms with E-state index in [-0.39, 0.29) is 6.10 Å². The third kappa shape index (κ3) is 3.76. The number of aromatic nitrogens is 1. The number of nitrogens with one attached hydrogen (secondary N) is 2. The Labute approximate surface area is 148 Å². The van der Waals surface area contributed by atoms with Crippen LogP contribution >= 0.6 is 0 Å². The van der Waals surface area contributed by atoms with Gasteiger partial charge in [0.2, 0.25) is 0 Å². The minimum Gasteiger partial charge on any atom is -0.390 e. The lowest BCUT2D eigenvalue weighted by Gasteiger charge is -2.30. The fourth-order valence-electron chi connectivity index (χ4n) is 3.75. The maximum Gasteiger partial charge on any atom is 0.0791 e. The van der Waals surface area contributed by atoms with Gasteiger partial charge in [0.25, 0.3) is 0 Å². The first-order valence-corrected chi connectivity index (χ1v) is 9.02. The lowest BCUT2D eigenvalue weighted by Crippen LogP contribution is -2.40. The van der Waals surface area contributed by atoms with E-state index in [9.17, 15) is 5.11 Å². The van der Waals surface area contributed by atoms with Gasteiger partial charge in [-0.3, -0.25) is 4.90 Å². The maximum absolute atomic E-state index is 10.4. The van der Waals surface area contributed by atoms with E-state index in [1.165, 1.54) is 22.1 Å². The minimum absolute atomic E-state index is 0.351. The quantitative estimate of drug-likeness (QED) is 0.649. The van der Waals surface area contributed by atoms with Gasteiger partial charge in [0, 0.05) is 49.8 Å². The normalized spacial score (nSPS) is 16.0. The summed E-state index contributed by atoms with van der Waals surface area (Å²) in [5, 5.41) is 15.0. The van der Waals surface area contributed by atoms with E-state index < -0.39 is 0 Å². The van der Waals surface area contributed by atoms with Crippen molar-refractivity contribution in [3.05, 3.63) is 71.4 Å². The molecule has 3 N–H and O–H groups in total. The Morgan fingerprint density at radius 1 is 1.08 bits per heavy atom. The molecule has 0 saturated carbocycles. The molecule has 0 saturated heterocycles. The van der Waals surface area contributed by atoms with E-state index >= 15 is 0 Å². The molecule has 0 bridgehead atoms. The molecule has 4 rings (SSSR count). The SMILES string of the molecule is O[C@H](CNCc1cccc2[nH]ccc12)CN1CCc2ccccc2C1. The third-order valence-corrected chi connectivity index (χ3v) is 5.06. The molecule has 130 valence electrons. The predicted molar refractivity (Wildman–Crippen MR) is 101 cm³/mol. The Bertz CT molecular complexity index is 842. The Hall–Kier alpha value is -2.14. The molecule has 0 fully saturated rings. The van der Waals surface area contributed by atoms with E-state index in [1.807, 2.05) is 6.20 Å². The average molecular weight is 335 g/mol. The van der Waals surface area contributed by atoms with Crippen molar-refractivity contribution in [1.29, 1.82) is 0 Å². The zero-order chi connectivity index (χ0) is 17.1. The van der Waals surface area contributed by atoms with Crippen LogP contribution in [0, 0.1) is 0 Å². The van der Waals surface area contributed by atoms with Crippen LogP contribution < -0.4 is 5.32 Å². The van der Waals surface area contributed by atoms with Gasteiger partial charge < -0.3 is 15.4 Å². The molecule has 2 heterocycles. The van der Waals surface area contributed by atoms with E-state index in [1.54, 1.807) is 0 Å². The minimum atomic E-state index is -0.351. The molecule has 1 aromatic heterocycles. The second-order valence-electron chi connectivity index (χ2n) is 6.89. The van der Waals surface area contributed by atoms with Crippen LogP contribution in [0.25, 0.3) is 10.9 Å². The number of nitrogens with zero attached hydrogens (tertiary/aromatic N) is 1. The van der Waals surface area contributed by atoms with Crippen molar-refractivity contribution >= 4 is 10.9 Å². The number of rotatable bonds is 6. The molecule has 1 aliphatic heterocycles. The number of aromatic amines is 1. The fourth-order valence-corrected chi connectivity index (χ4v) is 3.75. The summed E-state index contributed by atoms with van der Waals surface area (Å²) in [4.78, 5) is 5.59. The van der Waals surface area contributed by atoms with Crippen LogP contribution in [0.1, 0.15) is 16.7 Å². The van der Waals surface area contributed by atoms with Crippen molar-refractivity contribution in [3.8, 4) is 0 Å². The van der Waals surface area contributed by atoms with Gasteiger partial charge in [0.05, 0.1) is 6.10 Å². The molecule has 4 heteroatoms. The van der Waals surface area contributed by atoms with E-state index in [0.29, 0.717) is 6.54 Å². The van der Waals surface area contributed by atoms with E-state index in [0.717, 1.165) is 38.1 Å². The van der Waals surface area contributed by atoms with Crippen LogP contribution in [0.3, 0.4) is 0 Å². The predicted octanol–water partition coefficient (Wildman–Crippen LogP) is 2.68. The van der Waals surface area contributed by atoms with Gasteiger partial charge in [-0.2, -0.15) is 0 Å². The molecule has 4 nitrogen and oxygen atoms in total. The van der Waals surface area contributed by atoms with Crippen molar-refractivity contribution in [2.45, 2.75) is 25.6 Å². The summed E-state index contributed by atoms with van der Waals surface area (Å²) in [6.07, 6.45) is 2.69. The molecule has 0 spiro atoms. The summed E-state index contributed by atoms with van der Waals surface area (Å²) in [5.74, 6) is 0. The first-order chi connectivity index (χ1) is 12.3. The van der Waals surface area contributed by atoms with Crippen LogP contribution in [0.2, 0.25) is 0 Å². The van der Waals surface area contributed by atoms with Gasteiger partial charge in [0.1, 0.15) is 0 Å². The highest BCUT2D eigenvalue weighted by atomic mass is 16.3. The summed E-state index contributed by atoms with van der Waals surface area (Å²) in [6.45, 7) is 4.07. The Kier molecular flexibility index (Phi) is 4.83. The lowest BCUT2D eigenvalue weighted by atomic mass is 10.00. The number of hydrogen-bond donors (Lipinski definition) is 3. The average Bonchev–Trinajstić information content (AvgIpc) is 3.11. The van der Waals surface area contributed by atoms with Gasteiger partial charge in [-0.05, 0) is 35.2 Å². The number of aliphatic hydroxyl groups excluding tert-OH is 1. The fraction of sp³-hybridized carbons (Fsp3) is 0.333. The Morgan fingerprint density at radius 3 is 2.88 bits per heavy atom. The highest BCUT2D eigenvalue weighted by Gasteiger charge is 2.18. The molecule has 2 aromatic carbocycles. The number of aliphatic hydroxyl groups is 1. The Morgan fingerprint density at radius 2 is 1.96 bits per heavy atom. The second kappa shape index (κ2) is 7.40. The number of benzene rings is 2. The molecule has 3 aromatic rings. The van der Waals surface area contributed by atoms with Crippen molar-refractivity contribution in [1.82, 2.24) is 15.2 Å². The molecular formula is C21H25N3O. The number of fused-ring (bicyclic) bond motifs is 2. The highest BCUT2D eigenvalue weighted by Crippen LogP contribution is 2.19. The zero-order valence-corrected chi connectivity index (χ0v) is 14.4. The zero-order valence-electron chi connectivity index (χ0n) is 14.4. The molecule has 1 atom stereocenters. The smallest absolute Gasteiger partial charge is 0.0791 e. The molecule has 0 unspecified atom stereocenters. The third-order valence-electron chi connectivity index (χ3n) is 5.06. The molecule has 0 aliphatic carbocycles. The summed E-state index contributed by atoms with van der Waals surface area (Å²) >= 11 is 0. The van der Waals surface area contributed by atoms with Crippen molar-refractivity contribution < 1.29 is 5.11 Å². The van der Waals surface area contributed by atoms with Gasteiger partial charge in [-0.15, -0.1) is 0 Å². The molecular weight excluding hydrogens is 310 g/mol. The van der Waals surface area contributed by atoms with Crippen LogP contribution in [0.15, 0.2) is 54.7 Å². The van der Waals surface area contributed by atoms with Crippen LogP contribution in [0.5, 0.6) is 0 Å². The summed E-state index contributed by atoms with van der Waals surface area (Å²) in [6, 6.07) is 17.0. The first kappa shape index (κ1) is 16.3. The van der Waals surface area contributed by atoms with E-state index in [4.69, 9.17) is 0 Å². The first-order valence-electron chi connectivity index (χ1n) is 9.02. The van der Waals surface area contributed by atoms with Crippen LogP contribution in [-0.2, 0) is 19.5 Å². The molecule has 25 heavy (non-hydrogen) atoms. The number of hydrogen-bond acceptors (Lipinski definition) is 3. The lowest BCUT2D eigenvalue weighted by molar-refractivity contribution is 0.104. The van der Waals surface area contributed by atoms with Gasteiger partial charge in [-0.25, -0.2) is 0 Å². The van der Waals surface area contributed by atoms with Crippen LogP contribution in [0.4, 0.5) is 0 Å². The molecule has 0 amide bonds. The monoisotopic (exact) mass is 335 g/mol. The molecule has 1 aliphatic rings. The molecule has 0 radical (unpaired) electrons. The summed E-state index contributed by atoms with van der Waals surface area (Å²) in [5.41, 5.74) is 5.27. The summed E-state index contributed by atoms with van der Waals surface area (Å²) in [7, 11) is 0. The topological polar surface area (TPSA) is 51.3 Å². The van der Waals surface area contributed by atoms with Gasteiger partial charge in [0.15, 0.2) is 0 Å². The van der Waals surface area contributed by atoms with E-state index in [2.05, 4.69) is 63.7 Å². The highest BCUT2D eigenvalue weighted by molar-refractivity contribution is 5.82. The second-order valence-corrected chi connectivity index (χ2v) is 6.89. The Balaban J connectivity index is 1.27. The number of β-amino-alcohol motifs (C(OH)–C–C–N with tert-alkyl or cyclic N) is 1. The van der Waals surface area contributed by atoms with Crippen molar-refractivity contribution in [3.63, 3.8) is 0 Å². The summed E-state index contributed by atoms with van der Waals surface area (Å²) < 4.78 is 0. The number of H-pyrrole nitrogens is 1. The largest absolute Gasteiger partial charge is 0.390 e. The maximum atomic E-state index is 10.4. The van der Waals surface area contributed by atoms with Gasteiger partial charge in [-0.1, -0.05) is 36.4 Å². The van der Waals surface area contributed by atoms with Gasteiger partial charge >= 0.3 is 0 Å². The van der Waals surface area contributed by atoms with Crippen molar-refractivity contribution in [2.24, 2.45) is 0 Å². The van der Waals surface area contributed by atoms with Crippen LogP contribution in [-0.4, -0.2) is 40.7 Å².